The van der Waals surface area contributed by atoms with E-state index in [1.54, 1.807) is 6.08 Å². The smallest absolute Gasteiger partial charge is 0.249 e. The molecular formula is C30H57N9O14. The Kier molecular flexibility index (Phi) is 16.3. The maximum Gasteiger partial charge on any atom is 0.249 e. The van der Waals surface area contributed by atoms with Gasteiger partial charge in [0.2, 0.25) is 12.2 Å². The Balaban J connectivity index is 1.54. The molecule has 21 N–H and O–H groups in total. The van der Waals surface area contributed by atoms with Crippen LogP contribution in [0.1, 0.15) is 19.3 Å². The summed E-state index contributed by atoms with van der Waals surface area (Å²) in [4.78, 5) is 16.7. The fourth-order valence-corrected chi connectivity index (χ4v) is 6.50. The van der Waals surface area contributed by atoms with E-state index in [1.807, 2.05) is 0 Å². The summed E-state index contributed by atoms with van der Waals surface area (Å²) in [6, 6.07) is -4.06. The van der Waals surface area contributed by atoms with E-state index in [4.69, 9.17) is 67.9 Å². The van der Waals surface area contributed by atoms with Crippen molar-refractivity contribution < 1.29 is 69.0 Å². The Labute approximate surface area is 305 Å². The molecule has 3 heterocycles. The first kappa shape index (κ1) is 43.3. The summed E-state index contributed by atoms with van der Waals surface area (Å²) in [5, 5.41) is 79.0. The molecule has 0 aromatic heterocycles. The van der Waals surface area contributed by atoms with Crippen LogP contribution in [-0.2, 0) is 33.2 Å². The Hall–Kier alpha value is -2.40. The molecule has 4 rings (SSSR count). The number of rotatable bonds is 17. The monoisotopic (exact) mass is 767 g/mol. The fraction of sp³-hybridized carbons (Fsp3) is 0.867. The van der Waals surface area contributed by atoms with Crippen LogP contribution in [0.15, 0.2) is 16.8 Å². The Bertz CT molecular complexity index is 1220. The van der Waals surface area contributed by atoms with Gasteiger partial charge in [-0.05, 0) is 18.9 Å². The van der Waals surface area contributed by atoms with E-state index in [2.05, 4.69) is 15.6 Å². The van der Waals surface area contributed by atoms with Gasteiger partial charge in [-0.2, -0.15) is 0 Å². The zero-order valence-corrected chi connectivity index (χ0v) is 29.2. The standard InChI is InChI=1S/C30H57N9O14/c31-8-16-20(44)21(45)18(34)28(49-16)52-24-17(10-41)50-29(22(24)46)53-25-19(43)14(39-26(47)15(42)3-4-38-30(35)36)7-13(33)23(25)51-27-12(32)2-1-11(48-27)9-37-5-6-40/h1,12-25,27-29,37,40-46H,2-10,31-34H2,(H,39,47)(H4,35,36,38)/t12-,13+,14-,15+,16+,17-,18-,19+,20-,21-,22-,23-,24-,25-,27-,28-,29+/m1/s1. The molecule has 3 aliphatic heterocycles. The largest absolute Gasteiger partial charge is 0.467 e. The zero-order chi connectivity index (χ0) is 39.0. The number of aliphatic imine (C=N–C) groups is 1. The molecule has 1 amide bonds. The van der Waals surface area contributed by atoms with E-state index < -0.39 is 117 Å². The summed E-state index contributed by atoms with van der Waals surface area (Å²) in [7, 11) is 0. The maximum absolute atomic E-state index is 12.9. The van der Waals surface area contributed by atoms with Gasteiger partial charge in [-0.1, -0.05) is 0 Å². The molecule has 3 fully saturated rings. The molecule has 0 aromatic carbocycles. The highest BCUT2D eigenvalue weighted by Gasteiger charge is 2.54. The highest BCUT2D eigenvalue weighted by Crippen LogP contribution is 2.34. The second-order valence-corrected chi connectivity index (χ2v) is 13.4. The van der Waals surface area contributed by atoms with Gasteiger partial charge in [0, 0.05) is 32.1 Å². The van der Waals surface area contributed by atoms with Crippen molar-refractivity contribution in [1.82, 2.24) is 10.6 Å². The van der Waals surface area contributed by atoms with Crippen molar-refractivity contribution in [2.24, 2.45) is 39.4 Å². The molecule has 1 saturated carbocycles. The van der Waals surface area contributed by atoms with E-state index in [1.165, 1.54) is 0 Å². The van der Waals surface area contributed by atoms with Crippen LogP contribution >= 0.6 is 0 Å². The minimum Gasteiger partial charge on any atom is -0.467 e. The van der Waals surface area contributed by atoms with E-state index in [0.29, 0.717) is 18.7 Å². The van der Waals surface area contributed by atoms with E-state index in [9.17, 15) is 35.4 Å². The summed E-state index contributed by atoms with van der Waals surface area (Å²) in [6.45, 7) is -0.461. The first-order valence-corrected chi connectivity index (χ1v) is 17.5. The van der Waals surface area contributed by atoms with Crippen LogP contribution < -0.4 is 45.0 Å². The number of carbonyl (C=O) groups excluding carboxylic acids is 1. The molecule has 306 valence electrons. The van der Waals surface area contributed by atoms with E-state index in [-0.39, 0.29) is 45.0 Å². The number of nitrogens with zero attached hydrogens (tertiary/aromatic N) is 1. The molecule has 0 radical (unpaired) electrons. The van der Waals surface area contributed by atoms with Crippen LogP contribution in [0.25, 0.3) is 0 Å². The van der Waals surface area contributed by atoms with E-state index in [0.717, 1.165) is 0 Å². The fourth-order valence-electron chi connectivity index (χ4n) is 6.50. The Morgan fingerprint density at radius 3 is 2.25 bits per heavy atom. The summed E-state index contributed by atoms with van der Waals surface area (Å²) >= 11 is 0. The zero-order valence-electron chi connectivity index (χ0n) is 29.2. The van der Waals surface area contributed by atoms with Crippen LogP contribution in [0.3, 0.4) is 0 Å². The normalized spacial score (nSPS) is 40.9. The number of carbonyl (C=O) groups is 1. The second kappa shape index (κ2) is 20.0. The van der Waals surface area contributed by atoms with Crippen LogP contribution in [0.2, 0.25) is 0 Å². The molecule has 4 aliphatic rings. The van der Waals surface area contributed by atoms with Crippen molar-refractivity contribution in [2.45, 2.75) is 123 Å². The van der Waals surface area contributed by atoms with Crippen LogP contribution in [0.4, 0.5) is 0 Å². The molecule has 2 saturated heterocycles. The SMILES string of the molecule is NC[C@@H]1O[C@H](O[C@H]2[C@@H](O)[C@H](O[C@@H]3[C@@H](O)[C@H](NC(=O)[C@@H](O)CCN=C(N)N)C[C@H](N)[C@H]3O[C@H]3OC(CNCCO)=CC[C@H]3N)O[C@@H]2CO)[C@H](N)[C@@H](O)[C@@H]1O. The summed E-state index contributed by atoms with van der Waals surface area (Å²) in [6.07, 6.45) is -16.3. The topological polar surface area (TPSA) is 407 Å². The van der Waals surface area contributed by atoms with Crippen molar-refractivity contribution >= 4 is 11.9 Å². The lowest BCUT2D eigenvalue weighted by atomic mass is 9.83. The van der Waals surface area contributed by atoms with Gasteiger partial charge >= 0.3 is 0 Å². The van der Waals surface area contributed by atoms with Crippen LogP contribution in [-0.4, -0.2) is 191 Å². The third-order valence-electron chi connectivity index (χ3n) is 9.50. The molecule has 0 unspecified atom stereocenters. The molecule has 23 heteroatoms. The van der Waals surface area contributed by atoms with Gasteiger partial charge in [0.25, 0.3) is 0 Å². The van der Waals surface area contributed by atoms with Gasteiger partial charge in [0.15, 0.2) is 18.5 Å². The van der Waals surface area contributed by atoms with Crippen molar-refractivity contribution in [3.63, 3.8) is 0 Å². The van der Waals surface area contributed by atoms with Gasteiger partial charge in [-0.25, -0.2) is 0 Å². The summed E-state index contributed by atoms with van der Waals surface area (Å²) in [5.41, 5.74) is 35.2. The lowest BCUT2D eigenvalue weighted by molar-refractivity contribution is -0.282. The number of hydrogen-bond acceptors (Lipinski definition) is 20. The van der Waals surface area contributed by atoms with Gasteiger partial charge < -0.3 is 109 Å². The predicted octanol–water partition coefficient (Wildman–Crippen LogP) is -8.91. The molecule has 0 spiro atoms. The quantitative estimate of drug-likeness (QED) is 0.0371. The number of nitrogens with two attached hydrogens (primary N) is 6. The number of aliphatic hydroxyl groups is 7. The van der Waals surface area contributed by atoms with Gasteiger partial charge in [-0.3, -0.25) is 9.79 Å². The highest BCUT2D eigenvalue weighted by molar-refractivity contribution is 5.81. The van der Waals surface area contributed by atoms with Crippen LogP contribution in [0, 0.1) is 0 Å². The Morgan fingerprint density at radius 1 is 0.906 bits per heavy atom. The molecule has 53 heavy (non-hydrogen) atoms. The highest BCUT2D eigenvalue weighted by atomic mass is 16.8. The first-order chi connectivity index (χ1) is 25.2. The lowest BCUT2D eigenvalue weighted by Crippen LogP contribution is -2.67. The number of aliphatic hydroxyl groups excluding tert-OH is 7. The maximum atomic E-state index is 12.9. The van der Waals surface area contributed by atoms with Crippen molar-refractivity contribution in [3.05, 3.63) is 11.8 Å². The predicted molar refractivity (Wildman–Crippen MR) is 181 cm³/mol. The second-order valence-electron chi connectivity index (χ2n) is 13.4. The minimum absolute atomic E-state index is 0.0473. The number of ether oxygens (including phenoxy) is 6. The van der Waals surface area contributed by atoms with Gasteiger partial charge in [0.05, 0.1) is 37.9 Å². The molecule has 0 aromatic rings. The molecular weight excluding hydrogens is 710 g/mol. The summed E-state index contributed by atoms with van der Waals surface area (Å²) < 4.78 is 35.7. The third kappa shape index (κ3) is 10.9. The van der Waals surface area contributed by atoms with Gasteiger partial charge in [0.1, 0.15) is 66.8 Å². The number of nitrogens with one attached hydrogen (secondary N) is 2. The van der Waals surface area contributed by atoms with Crippen molar-refractivity contribution in [3.8, 4) is 0 Å². The summed E-state index contributed by atoms with van der Waals surface area (Å²) in [5.74, 6) is -0.600. The average Bonchev–Trinajstić information content (AvgIpc) is 3.42. The third-order valence-corrected chi connectivity index (χ3v) is 9.50. The van der Waals surface area contributed by atoms with E-state index >= 15 is 0 Å². The van der Waals surface area contributed by atoms with Crippen molar-refractivity contribution in [1.29, 1.82) is 0 Å². The molecule has 1 aliphatic carbocycles. The number of hydrogen-bond donors (Lipinski definition) is 15. The average molecular weight is 768 g/mol. The van der Waals surface area contributed by atoms with Crippen molar-refractivity contribution in [2.75, 3.05) is 39.4 Å². The molecule has 17 atom stereocenters. The molecule has 0 bridgehead atoms. The molecule has 23 nitrogen and oxygen atoms in total. The van der Waals surface area contributed by atoms with Crippen LogP contribution in [0.5, 0.6) is 0 Å². The number of amides is 1. The lowest BCUT2D eigenvalue weighted by Gasteiger charge is -2.46. The minimum atomic E-state index is -1.68. The Morgan fingerprint density at radius 2 is 1.58 bits per heavy atom. The van der Waals surface area contributed by atoms with Gasteiger partial charge in [-0.15, -0.1) is 0 Å². The first-order valence-electron chi connectivity index (χ1n) is 17.5. The number of guanidine groups is 1.